The molecule has 2 heterocycles. The molecule has 0 aliphatic carbocycles. The van der Waals surface area contributed by atoms with Crippen molar-refractivity contribution in [3.8, 4) is 0 Å². The van der Waals surface area contributed by atoms with Crippen molar-refractivity contribution in [2.24, 2.45) is 10.4 Å². The van der Waals surface area contributed by atoms with Gasteiger partial charge in [-0.05, 0) is 46.2 Å². The number of carbonyl (C=O) groups is 1. The largest absolute Gasteiger partial charge is 0.338 e. The second-order valence-electron chi connectivity index (χ2n) is 6.77. The predicted molar refractivity (Wildman–Crippen MR) is 81.5 cm³/mol. The lowest BCUT2D eigenvalue weighted by molar-refractivity contribution is -0.136. The molecule has 1 aromatic carbocycles. The van der Waals surface area contributed by atoms with Crippen LogP contribution in [0.5, 0.6) is 0 Å². The molecular weight excluding hydrogens is 248 g/mol. The number of carbonyl (C=O) groups excluding carboxylic acids is 1. The van der Waals surface area contributed by atoms with E-state index in [1.165, 1.54) is 5.56 Å². The summed E-state index contributed by atoms with van der Waals surface area (Å²) in [7, 11) is 0. The maximum atomic E-state index is 12.9. The van der Waals surface area contributed by atoms with Crippen molar-refractivity contribution >= 4 is 17.3 Å². The van der Waals surface area contributed by atoms with Gasteiger partial charge in [0.15, 0.2) is 0 Å². The summed E-state index contributed by atoms with van der Waals surface area (Å²) in [6, 6.07) is 8.47. The van der Waals surface area contributed by atoms with E-state index in [4.69, 9.17) is 4.99 Å². The molecule has 2 aliphatic rings. The van der Waals surface area contributed by atoms with Gasteiger partial charge >= 0.3 is 0 Å². The van der Waals surface area contributed by atoms with Gasteiger partial charge in [0, 0.05) is 18.3 Å². The number of para-hydroxylation sites is 1. The molecule has 0 saturated carbocycles. The van der Waals surface area contributed by atoms with Gasteiger partial charge in [0.2, 0.25) is 5.91 Å². The molecule has 106 valence electrons. The maximum absolute atomic E-state index is 12.9. The Balaban J connectivity index is 2.23. The van der Waals surface area contributed by atoms with Crippen molar-refractivity contribution in [2.45, 2.75) is 46.1 Å². The average molecular weight is 270 g/mol. The monoisotopic (exact) mass is 270 g/mol. The Morgan fingerprint density at radius 1 is 1.25 bits per heavy atom. The quantitative estimate of drug-likeness (QED) is 0.770. The zero-order chi connectivity index (χ0) is 14.7. The summed E-state index contributed by atoms with van der Waals surface area (Å²) in [6.07, 6.45) is 0. The molecule has 1 atom stereocenters. The third kappa shape index (κ3) is 1.36. The van der Waals surface area contributed by atoms with Crippen LogP contribution in [0.2, 0.25) is 0 Å². The van der Waals surface area contributed by atoms with Crippen molar-refractivity contribution in [2.75, 3.05) is 6.54 Å². The van der Waals surface area contributed by atoms with E-state index in [0.717, 1.165) is 17.9 Å². The summed E-state index contributed by atoms with van der Waals surface area (Å²) < 4.78 is 0. The molecule has 1 amide bonds. The van der Waals surface area contributed by atoms with Crippen molar-refractivity contribution in [1.82, 2.24) is 4.90 Å². The zero-order valence-electron chi connectivity index (χ0n) is 12.9. The molecule has 0 radical (unpaired) electrons. The van der Waals surface area contributed by atoms with Crippen LogP contribution in [0.1, 0.15) is 40.2 Å². The van der Waals surface area contributed by atoms with Gasteiger partial charge in [0.25, 0.3) is 0 Å². The molecule has 1 saturated heterocycles. The first kappa shape index (κ1) is 13.3. The van der Waals surface area contributed by atoms with E-state index in [0.29, 0.717) is 0 Å². The lowest BCUT2D eigenvalue weighted by atomic mass is 9.62. The number of fused-ring (bicyclic) bond motifs is 2. The van der Waals surface area contributed by atoms with E-state index >= 15 is 0 Å². The van der Waals surface area contributed by atoms with Crippen LogP contribution in [0, 0.1) is 5.41 Å². The fraction of sp³-hybridized carbons (Fsp3) is 0.529. The molecule has 3 nitrogen and oxygen atoms in total. The molecule has 0 aromatic heterocycles. The van der Waals surface area contributed by atoms with Crippen molar-refractivity contribution in [3.05, 3.63) is 29.8 Å². The highest BCUT2D eigenvalue weighted by Gasteiger charge is 2.63. The standard InChI is InChI=1S/C17H22N2O/c1-11(2)19-10-17(16(4,5)15(19)20)12(3)18-14-9-7-6-8-13(14)17/h6-9,11H,10H2,1-5H3/t17-/m0/s1. The van der Waals surface area contributed by atoms with Crippen LogP contribution in [0.3, 0.4) is 0 Å². The molecule has 1 fully saturated rings. The first-order valence-electron chi connectivity index (χ1n) is 7.28. The number of nitrogens with zero attached hydrogens (tertiary/aromatic N) is 2. The van der Waals surface area contributed by atoms with E-state index in [-0.39, 0.29) is 17.4 Å². The van der Waals surface area contributed by atoms with E-state index in [1.807, 2.05) is 23.1 Å². The summed E-state index contributed by atoms with van der Waals surface area (Å²) in [5.41, 5.74) is 2.58. The highest BCUT2D eigenvalue weighted by molar-refractivity contribution is 6.08. The Kier molecular flexibility index (Phi) is 2.63. The average Bonchev–Trinajstić information content (AvgIpc) is 2.78. The van der Waals surface area contributed by atoms with Crippen LogP contribution in [-0.2, 0) is 10.2 Å². The molecule has 1 spiro atoms. The molecule has 2 aliphatic heterocycles. The molecular formula is C17H22N2O. The minimum Gasteiger partial charge on any atom is -0.338 e. The van der Waals surface area contributed by atoms with Gasteiger partial charge in [-0.3, -0.25) is 9.79 Å². The number of amides is 1. The highest BCUT2D eigenvalue weighted by Crippen LogP contribution is 2.55. The van der Waals surface area contributed by atoms with Crippen LogP contribution in [-0.4, -0.2) is 29.1 Å². The van der Waals surface area contributed by atoms with Crippen molar-refractivity contribution in [1.29, 1.82) is 0 Å². The fourth-order valence-electron chi connectivity index (χ4n) is 3.88. The summed E-state index contributed by atoms with van der Waals surface area (Å²) in [5, 5.41) is 0. The third-order valence-corrected chi connectivity index (χ3v) is 5.16. The third-order valence-electron chi connectivity index (χ3n) is 5.16. The maximum Gasteiger partial charge on any atom is 0.229 e. The topological polar surface area (TPSA) is 32.7 Å². The molecule has 0 N–H and O–H groups in total. The molecule has 1 aromatic rings. The van der Waals surface area contributed by atoms with E-state index in [2.05, 4.69) is 40.7 Å². The van der Waals surface area contributed by atoms with Gasteiger partial charge in [-0.1, -0.05) is 18.2 Å². The van der Waals surface area contributed by atoms with Crippen LogP contribution >= 0.6 is 0 Å². The van der Waals surface area contributed by atoms with Crippen LogP contribution in [0.25, 0.3) is 0 Å². The first-order valence-corrected chi connectivity index (χ1v) is 7.28. The Hall–Kier alpha value is -1.64. The number of hydrogen-bond donors (Lipinski definition) is 0. The molecule has 3 heteroatoms. The van der Waals surface area contributed by atoms with Crippen molar-refractivity contribution < 1.29 is 4.79 Å². The lowest BCUT2D eigenvalue weighted by Crippen LogP contribution is -2.46. The van der Waals surface area contributed by atoms with Crippen LogP contribution in [0.15, 0.2) is 29.3 Å². The van der Waals surface area contributed by atoms with Gasteiger partial charge in [-0.15, -0.1) is 0 Å². The van der Waals surface area contributed by atoms with Gasteiger partial charge < -0.3 is 4.90 Å². The predicted octanol–water partition coefficient (Wildman–Crippen LogP) is 3.31. The van der Waals surface area contributed by atoms with E-state index < -0.39 is 5.41 Å². The summed E-state index contributed by atoms with van der Waals surface area (Å²) in [4.78, 5) is 19.6. The molecule has 0 unspecified atom stereocenters. The number of rotatable bonds is 1. The molecule has 0 bridgehead atoms. The fourth-order valence-corrected chi connectivity index (χ4v) is 3.88. The molecule has 20 heavy (non-hydrogen) atoms. The number of hydrogen-bond acceptors (Lipinski definition) is 2. The zero-order valence-corrected chi connectivity index (χ0v) is 12.9. The Bertz CT molecular complexity index is 615. The Labute approximate surface area is 120 Å². The Morgan fingerprint density at radius 3 is 2.50 bits per heavy atom. The van der Waals surface area contributed by atoms with Gasteiger partial charge in [0.05, 0.1) is 16.5 Å². The number of likely N-dealkylation sites (tertiary alicyclic amines) is 1. The SMILES string of the molecule is CC1=Nc2ccccc2[C@]12CN(C(C)C)C(=O)C2(C)C. The van der Waals surface area contributed by atoms with Crippen LogP contribution in [0.4, 0.5) is 5.69 Å². The first-order chi connectivity index (χ1) is 9.32. The minimum atomic E-state index is -0.447. The normalized spacial score (nSPS) is 27.4. The van der Waals surface area contributed by atoms with Gasteiger partial charge in [-0.2, -0.15) is 0 Å². The minimum absolute atomic E-state index is 0.224. The number of benzene rings is 1. The van der Waals surface area contributed by atoms with E-state index in [1.54, 1.807) is 0 Å². The number of aliphatic imine (C=N–C) groups is 1. The highest BCUT2D eigenvalue weighted by atomic mass is 16.2. The molecule has 3 rings (SSSR count). The van der Waals surface area contributed by atoms with E-state index in [9.17, 15) is 4.79 Å². The van der Waals surface area contributed by atoms with Crippen LogP contribution < -0.4 is 0 Å². The van der Waals surface area contributed by atoms with Gasteiger partial charge in [-0.25, -0.2) is 0 Å². The smallest absolute Gasteiger partial charge is 0.229 e. The Morgan fingerprint density at radius 2 is 1.90 bits per heavy atom. The summed E-state index contributed by atoms with van der Waals surface area (Å²) >= 11 is 0. The van der Waals surface area contributed by atoms with Crippen molar-refractivity contribution in [3.63, 3.8) is 0 Å². The summed E-state index contributed by atoms with van der Waals surface area (Å²) in [5.74, 6) is 0.235. The summed E-state index contributed by atoms with van der Waals surface area (Å²) in [6.45, 7) is 11.1. The second-order valence-corrected chi connectivity index (χ2v) is 6.77. The lowest BCUT2D eigenvalue weighted by Gasteiger charge is -2.36. The van der Waals surface area contributed by atoms with Gasteiger partial charge in [0.1, 0.15) is 0 Å². The second kappa shape index (κ2) is 3.94.